The van der Waals surface area contributed by atoms with Crippen molar-refractivity contribution in [2.24, 2.45) is 17.6 Å². The summed E-state index contributed by atoms with van der Waals surface area (Å²) in [5, 5.41) is 20.4. The molecular formula is C83H113N13O23S2. The fraction of sp³-hybridized carbons (Fsp3) is 0.566. The highest BCUT2D eigenvalue weighted by Gasteiger charge is 2.51. The van der Waals surface area contributed by atoms with E-state index in [1.54, 1.807) is 82.0 Å². The Morgan fingerprint density at radius 3 is 1.98 bits per heavy atom. The van der Waals surface area contributed by atoms with E-state index >= 15 is 0 Å². The fourth-order valence-corrected chi connectivity index (χ4v) is 14.8. The second-order valence-corrected chi connectivity index (χ2v) is 31.7. The van der Waals surface area contributed by atoms with Gasteiger partial charge in [0.25, 0.3) is 5.56 Å². The lowest BCUT2D eigenvalue weighted by molar-refractivity contribution is -0.175. The summed E-state index contributed by atoms with van der Waals surface area (Å²) >= 11 is 1.47. The standard InChI is InChI=1S/C83H113N13O23S2/c1-8-83(69-48-71-76-67(52-95(71)78(102)68(69)54-117-79(83)103)65(66-18-12-13-19-70(66)90-76)26-29-96(58(4)5)121(7,106)107)119-82(105)118-53-59-20-22-62(23-21-59)89-77(101)61(16-14-27-86-80(84)104)47-72(98)75(57(2)3)91-74(100)56-116-55-73(99)85-28-31-108-33-35-110-37-39-112-41-43-114-45-46-115-44-42-113-40-38-111-36-34-109-32-30-94-51-63(92-93-94)24-25-64(97)17-11-9-10-15-60-49-87-81(120-6)88-50-60/h12-13,18-23,48-51,57-58,61,75H,8-9,11,14,16-17,24-47,52-56H2,1-7H3,(H,85,99)(H,89,101)(H,91,100)(H3,84,86,104)/t61-,75+,83+/m1/s1. The molecule has 2 aliphatic rings. The van der Waals surface area contributed by atoms with E-state index in [2.05, 4.69) is 53.4 Å². The predicted molar refractivity (Wildman–Crippen MR) is 444 cm³/mol. The quantitative estimate of drug-likeness (QED) is 0.0103. The molecule has 6 aromatic rings. The van der Waals surface area contributed by atoms with Gasteiger partial charge in [-0.2, -0.15) is 4.31 Å². The van der Waals surface area contributed by atoms with Crippen LogP contribution in [-0.4, -0.2) is 258 Å². The van der Waals surface area contributed by atoms with Crippen molar-refractivity contribution in [2.45, 2.75) is 148 Å². The second-order valence-electron chi connectivity index (χ2n) is 29.0. The van der Waals surface area contributed by atoms with Crippen LogP contribution in [0, 0.1) is 23.7 Å². The number of amides is 5. The van der Waals surface area contributed by atoms with Crippen LogP contribution >= 0.6 is 11.8 Å². The van der Waals surface area contributed by atoms with E-state index < -0.39 is 93.9 Å². The molecule has 660 valence electrons. The molecule has 4 aromatic heterocycles. The highest BCUT2D eigenvalue weighted by atomic mass is 32.2. The molecule has 0 bridgehead atoms. The first-order chi connectivity index (χ1) is 58.4. The smallest absolute Gasteiger partial charge is 0.457 e. The second kappa shape index (κ2) is 51.2. The Morgan fingerprint density at radius 2 is 1.37 bits per heavy atom. The van der Waals surface area contributed by atoms with Gasteiger partial charge in [-0.25, -0.2) is 42.4 Å². The molecule has 0 saturated carbocycles. The van der Waals surface area contributed by atoms with Gasteiger partial charge in [0.2, 0.25) is 33.3 Å². The molecule has 0 saturated heterocycles. The summed E-state index contributed by atoms with van der Waals surface area (Å²) in [5.41, 5.74) is 8.20. The highest BCUT2D eigenvalue weighted by molar-refractivity contribution is 7.98. The number of aryl methyl sites for hydroxylation is 1. The number of carbonyl (C=O) groups is 8. The Kier molecular flexibility index (Phi) is 40.9. The van der Waals surface area contributed by atoms with Gasteiger partial charge in [0.05, 0.1) is 165 Å². The number of carbonyl (C=O) groups excluding carboxylic acids is 8. The number of primary amides is 1. The van der Waals surface area contributed by atoms with Crippen molar-refractivity contribution >= 4 is 85.8 Å². The summed E-state index contributed by atoms with van der Waals surface area (Å²) < 4.78 is 97.1. The van der Waals surface area contributed by atoms with Crippen LogP contribution in [0.5, 0.6) is 0 Å². The average Bonchev–Trinajstić information content (AvgIpc) is 1.61. The number of rotatable bonds is 58. The van der Waals surface area contributed by atoms with Gasteiger partial charge in [-0.3, -0.25) is 28.8 Å². The maximum Gasteiger partial charge on any atom is 0.510 e. The Labute approximate surface area is 708 Å². The maximum absolute atomic E-state index is 14.5. The number of Topliss-reactive ketones (excluding diaryl/α,β-unsaturated/α-hetero) is 2. The number of hydrogen-bond donors (Lipinski definition) is 5. The number of nitrogens with zero attached hydrogens (tertiary/aromatic N) is 8. The zero-order valence-electron chi connectivity index (χ0n) is 69.8. The number of pyridine rings is 2. The number of ketones is 2. The first-order valence-electron chi connectivity index (χ1n) is 40.5. The number of aromatic nitrogens is 7. The third-order valence-electron chi connectivity index (χ3n) is 19.4. The SMILES string of the molecule is CC[C@@]1(OC(=O)OCc2ccc(NC(=O)[C@H](CCCNC(N)=O)CC(=O)[C@@H](NC(=O)COCC(=O)NCCOCCOCCOCCOCCOCCOCCOCCOCCn3cc(CCC(=O)CCCC#Cc4cnc(SC)nc4)nn3)C(C)C)cc2)C(=O)OCc2c1cc1n(c2=O)Cc2c-1nc1ccccc1c2CCN(C(C)C)S(C)(=O)=O. The number of sulfonamides is 1. The maximum atomic E-state index is 14.5. The molecule has 6 N–H and O–H groups in total. The van der Waals surface area contributed by atoms with Gasteiger partial charge in [-0.05, 0) is 99.9 Å². The molecule has 8 rings (SSSR count). The van der Waals surface area contributed by atoms with Crippen molar-refractivity contribution < 1.29 is 104 Å². The van der Waals surface area contributed by atoms with Gasteiger partial charge in [-0.1, -0.05) is 79.9 Å². The molecule has 6 heterocycles. The van der Waals surface area contributed by atoms with Crippen LogP contribution in [0.15, 0.2) is 83.1 Å². The first-order valence-corrected chi connectivity index (χ1v) is 43.6. The van der Waals surface area contributed by atoms with Crippen molar-refractivity contribution in [3.63, 3.8) is 0 Å². The average molecular weight is 1730 g/mol. The molecule has 121 heavy (non-hydrogen) atoms. The number of unbranched alkanes of at least 4 members (excludes halogenated alkanes) is 1. The van der Waals surface area contributed by atoms with Crippen LogP contribution in [0.4, 0.5) is 15.3 Å². The minimum absolute atomic E-state index is 0.102. The van der Waals surface area contributed by atoms with Crippen molar-refractivity contribution in [3.05, 3.63) is 123 Å². The van der Waals surface area contributed by atoms with E-state index in [0.717, 1.165) is 27.8 Å². The lowest BCUT2D eigenvalue weighted by Gasteiger charge is -2.35. The summed E-state index contributed by atoms with van der Waals surface area (Å²) in [5.74, 6) is 1.84. The number of benzene rings is 2. The van der Waals surface area contributed by atoms with Crippen molar-refractivity contribution in [1.82, 2.24) is 54.8 Å². The summed E-state index contributed by atoms with van der Waals surface area (Å²) in [6, 6.07) is 13.1. The summed E-state index contributed by atoms with van der Waals surface area (Å²) in [6.45, 7) is 14.1. The lowest BCUT2D eigenvalue weighted by atomic mass is 9.85. The number of fused-ring (bicyclic) bond motifs is 5. The minimum Gasteiger partial charge on any atom is -0.457 e. The van der Waals surface area contributed by atoms with E-state index in [4.69, 9.17) is 67.6 Å². The van der Waals surface area contributed by atoms with Gasteiger partial charge in [0.1, 0.15) is 32.2 Å². The summed E-state index contributed by atoms with van der Waals surface area (Å²) in [4.78, 5) is 133. The number of thioether (sulfide) groups is 1. The zero-order chi connectivity index (χ0) is 86.9. The number of anilines is 1. The molecule has 5 amide bonds. The molecule has 0 spiro atoms. The van der Waals surface area contributed by atoms with Gasteiger partial charge in [0.15, 0.2) is 10.9 Å². The molecule has 0 aliphatic carbocycles. The van der Waals surface area contributed by atoms with E-state index in [1.807, 2.05) is 36.7 Å². The molecule has 0 fully saturated rings. The van der Waals surface area contributed by atoms with Gasteiger partial charge in [0, 0.05) is 98.1 Å². The Hall–Kier alpha value is -9.76. The normalized spacial score (nSPS) is 14.0. The van der Waals surface area contributed by atoms with Gasteiger partial charge in [-0.15, -0.1) is 5.10 Å². The predicted octanol–water partition coefficient (Wildman–Crippen LogP) is 5.55. The van der Waals surface area contributed by atoms with E-state index in [0.29, 0.717) is 171 Å². The third-order valence-corrected chi connectivity index (χ3v) is 21.5. The number of nitrogens with two attached hydrogens (primary N) is 1. The molecular weight excluding hydrogens is 1610 g/mol. The van der Waals surface area contributed by atoms with Crippen molar-refractivity contribution in [3.8, 4) is 23.2 Å². The van der Waals surface area contributed by atoms with E-state index in [-0.39, 0.29) is 101 Å². The molecule has 3 atom stereocenters. The van der Waals surface area contributed by atoms with E-state index in [9.17, 15) is 51.6 Å². The number of urea groups is 1. The van der Waals surface area contributed by atoms with Crippen molar-refractivity contribution in [2.75, 3.05) is 156 Å². The van der Waals surface area contributed by atoms with Crippen molar-refractivity contribution in [1.29, 1.82) is 0 Å². The number of cyclic esters (lactones) is 1. The van der Waals surface area contributed by atoms with Crippen LogP contribution in [0.25, 0.3) is 22.3 Å². The lowest BCUT2D eigenvalue weighted by Crippen LogP contribution is -2.47. The Bertz CT molecular complexity index is 4620. The number of para-hydroxylation sites is 1. The summed E-state index contributed by atoms with van der Waals surface area (Å²) in [7, 11) is -3.56. The third kappa shape index (κ3) is 31.9. The van der Waals surface area contributed by atoms with Crippen LogP contribution in [-0.2, 0) is 140 Å². The van der Waals surface area contributed by atoms with Crippen LogP contribution in [0.3, 0.4) is 0 Å². The fourth-order valence-electron chi connectivity index (χ4n) is 13.2. The Morgan fingerprint density at radius 1 is 0.744 bits per heavy atom. The Balaban J connectivity index is 0.626. The van der Waals surface area contributed by atoms with Crippen LogP contribution in [0.2, 0.25) is 0 Å². The molecule has 38 heteroatoms. The molecule has 0 unspecified atom stereocenters. The minimum atomic E-state index is -3.56. The number of esters is 1. The first kappa shape index (κ1) is 96.7. The number of ether oxygens (including phenoxy) is 12. The van der Waals surface area contributed by atoms with Crippen LogP contribution < -0.4 is 32.6 Å². The van der Waals surface area contributed by atoms with Gasteiger partial charge >= 0.3 is 18.2 Å². The molecule has 2 aliphatic heterocycles. The number of nitrogens with one attached hydrogen (secondary N) is 4. The van der Waals surface area contributed by atoms with Gasteiger partial charge < -0.3 is 88.4 Å². The topological polar surface area (TPSA) is 450 Å². The highest BCUT2D eigenvalue weighted by Crippen LogP contribution is 2.43. The molecule has 2 aromatic carbocycles. The molecule has 0 radical (unpaired) electrons. The molecule has 36 nitrogen and oxygen atoms in total. The largest absolute Gasteiger partial charge is 0.510 e. The number of hydrogen-bond acceptors (Lipinski definition) is 29. The zero-order valence-corrected chi connectivity index (χ0v) is 71.5. The van der Waals surface area contributed by atoms with Crippen LogP contribution in [0.1, 0.15) is 125 Å². The summed E-state index contributed by atoms with van der Waals surface area (Å²) in [6.07, 6.45) is 10.1. The monoisotopic (exact) mass is 1720 g/mol. The van der Waals surface area contributed by atoms with E-state index in [1.165, 1.54) is 26.9 Å².